The number of carbonyl (C=O) groups is 1. The Balaban J connectivity index is 1.64. The molecule has 0 fully saturated rings. The third kappa shape index (κ3) is 5.05. The van der Waals surface area contributed by atoms with Crippen LogP contribution in [0.5, 0.6) is 5.75 Å². The summed E-state index contributed by atoms with van der Waals surface area (Å²) in [6.07, 6.45) is 0. The number of nitrogens with zero attached hydrogens (tertiary/aromatic N) is 4. The molecule has 1 heterocycles. The van der Waals surface area contributed by atoms with Crippen molar-refractivity contribution in [1.29, 1.82) is 5.26 Å². The van der Waals surface area contributed by atoms with Gasteiger partial charge in [0.2, 0.25) is 5.91 Å². The van der Waals surface area contributed by atoms with Crippen LogP contribution in [0.25, 0.3) is 17.1 Å². The van der Waals surface area contributed by atoms with E-state index in [0.29, 0.717) is 22.2 Å². The largest absolute Gasteiger partial charge is 0.497 e. The predicted molar refractivity (Wildman–Crippen MR) is 128 cm³/mol. The van der Waals surface area contributed by atoms with Crippen LogP contribution in [0, 0.1) is 11.3 Å². The number of thioether (sulfide) groups is 1. The minimum absolute atomic E-state index is 0.194. The standard InChI is InChI=1S/C25H21N5O2S/c1-17(24(31)27-20-10-6-8-18(14-20)16-26)33-25-29-28-23(19-9-7-13-22(15-19)32-2)30(25)21-11-4-3-5-12-21/h3-15,17H,1-2H3,(H,27,31). The normalized spacial score (nSPS) is 11.4. The molecule has 1 aromatic heterocycles. The van der Waals surface area contributed by atoms with E-state index in [1.807, 2.05) is 66.1 Å². The zero-order valence-corrected chi connectivity index (χ0v) is 18.9. The fraction of sp³-hybridized carbons (Fsp3) is 0.120. The van der Waals surface area contributed by atoms with Crippen molar-refractivity contribution >= 4 is 23.4 Å². The van der Waals surface area contributed by atoms with Crippen LogP contribution >= 0.6 is 11.8 Å². The Bertz CT molecular complexity index is 1310. The molecule has 1 atom stereocenters. The number of hydrogen-bond acceptors (Lipinski definition) is 6. The van der Waals surface area contributed by atoms with Gasteiger partial charge in [-0.25, -0.2) is 0 Å². The summed E-state index contributed by atoms with van der Waals surface area (Å²) in [5.41, 5.74) is 2.80. The number of nitriles is 1. The van der Waals surface area contributed by atoms with Crippen molar-refractivity contribution in [2.24, 2.45) is 0 Å². The number of para-hydroxylation sites is 1. The average Bonchev–Trinajstić information content (AvgIpc) is 3.28. The highest BCUT2D eigenvalue weighted by Crippen LogP contribution is 2.31. The third-order valence-electron chi connectivity index (χ3n) is 4.89. The van der Waals surface area contributed by atoms with Gasteiger partial charge in [0.25, 0.3) is 0 Å². The molecule has 0 spiro atoms. The lowest BCUT2D eigenvalue weighted by molar-refractivity contribution is -0.115. The van der Waals surface area contributed by atoms with Crippen LogP contribution in [0.2, 0.25) is 0 Å². The minimum atomic E-state index is -0.458. The van der Waals surface area contributed by atoms with Crippen LogP contribution in [0.1, 0.15) is 12.5 Å². The molecule has 33 heavy (non-hydrogen) atoms. The summed E-state index contributed by atoms with van der Waals surface area (Å²) in [6, 6.07) is 26.3. The molecular formula is C25H21N5O2S. The molecular weight excluding hydrogens is 434 g/mol. The van der Waals surface area contributed by atoms with Gasteiger partial charge in [0.1, 0.15) is 5.75 Å². The van der Waals surface area contributed by atoms with Crippen LogP contribution in [0.15, 0.2) is 84.0 Å². The first-order valence-electron chi connectivity index (χ1n) is 10.2. The predicted octanol–water partition coefficient (Wildman–Crippen LogP) is 4.93. The van der Waals surface area contributed by atoms with E-state index >= 15 is 0 Å². The Hall–Kier alpha value is -4.09. The van der Waals surface area contributed by atoms with Gasteiger partial charge in [-0.05, 0) is 49.4 Å². The number of hydrogen-bond donors (Lipinski definition) is 1. The van der Waals surface area contributed by atoms with Crippen LogP contribution in [-0.2, 0) is 4.79 Å². The zero-order chi connectivity index (χ0) is 23.2. The fourth-order valence-electron chi connectivity index (χ4n) is 3.23. The SMILES string of the molecule is COc1cccc(-c2nnc(SC(C)C(=O)Nc3cccc(C#N)c3)n2-c2ccccc2)c1. The van der Waals surface area contributed by atoms with Gasteiger partial charge in [0, 0.05) is 16.9 Å². The van der Waals surface area contributed by atoms with Gasteiger partial charge in [-0.1, -0.05) is 48.2 Å². The van der Waals surface area contributed by atoms with Crippen molar-refractivity contribution in [1.82, 2.24) is 14.8 Å². The van der Waals surface area contributed by atoms with Crippen LogP contribution in [-0.4, -0.2) is 33.0 Å². The number of anilines is 1. The van der Waals surface area contributed by atoms with E-state index in [0.717, 1.165) is 17.0 Å². The van der Waals surface area contributed by atoms with E-state index in [2.05, 4.69) is 21.6 Å². The molecule has 164 valence electrons. The second-order valence-electron chi connectivity index (χ2n) is 7.15. The first-order valence-corrected chi connectivity index (χ1v) is 11.1. The summed E-state index contributed by atoms with van der Waals surface area (Å²) in [5, 5.41) is 20.9. The lowest BCUT2D eigenvalue weighted by atomic mass is 10.2. The Morgan fingerprint density at radius 2 is 1.85 bits per heavy atom. The maximum absolute atomic E-state index is 12.8. The molecule has 8 heteroatoms. The number of rotatable bonds is 7. The first-order chi connectivity index (χ1) is 16.1. The van der Waals surface area contributed by atoms with Gasteiger partial charge in [-0.2, -0.15) is 5.26 Å². The topological polar surface area (TPSA) is 92.8 Å². The molecule has 4 aromatic rings. The monoisotopic (exact) mass is 455 g/mol. The number of nitrogens with one attached hydrogen (secondary N) is 1. The maximum Gasteiger partial charge on any atom is 0.237 e. The van der Waals surface area contributed by atoms with E-state index in [1.165, 1.54) is 11.8 Å². The van der Waals surface area contributed by atoms with Gasteiger partial charge in [-0.15, -0.1) is 10.2 Å². The molecule has 0 saturated heterocycles. The number of amides is 1. The molecule has 7 nitrogen and oxygen atoms in total. The lowest BCUT2D eigenvalue weighted by Crippen LogP contribution is -2.23. The van der Waals surface area contributed by atoms with E-state index in [9.17, 15) is 4.79 Å². The van der Waals surface area contributed by atoms with E-state index < -0.39 is 5.25 Å². The molecule has 3 aromatic carbocycles. The molecule has 1 amide bonds. The zero-order valence-electron chi connectivity index (χ0n) is 18.1. The fourth-order valence-corrected chi connectivity index (χ4v) is 4.09. The minimum Gasteiger partial charge on any atom is -0.497 e. The van der Waals surface area contributed by atoms with E-state index in [4.69, 9.17) is 10.00 Å². The van der Waals surface area contributed by atoms with E-state index in [-0.39, 0.29) is 5.91 Å². The Morgan fingerprint density at radius 3 is 2.61 bits per heavy atom. The molecule has 0 aliphatic carbocycles. The molecule has 0 radical (unpaired) electrons. The quantitative estimate of drug-likeness (QED) is 0.397. The molecule has 1 unspecified atom stereocenters. The summed E-state index contributed by atoms with van der Waals surface area (Å²) in [5.74, 6) is 1.18. The summed E-state index contributed by atoms with van der Waals surface area (Å²) >= 11 is 1.31. The van der Waals surface area contributed by atoms with Gasteiger partial charge >= 0.3 is 0 Å². The maximum atomic E-state index is 12.8. The highest BCUT2D eigenvalue weighted by molar-refractivity contribution is 8.00. The molecule has 4 rings (SSSR count). The summed E-state index contributed by atoms with van der Waals surface area (Å²) in [7, 11) is 1.62. The van der Waals surface area contributed by atoms with Gasteiger partial charge < -0.3 is 10.1 Å². The Morgan fingerprint density at radius 1 is 1.06 bits per heavy atom. The van der Waals surface area contributed by atoms with Crippen molar-refractivity contribution < 1.29 is 9.53 Å². The van der Waals surface area contributed by atoms with Crippen molar-refractivity contribution in [2.75, 3.05) is 12.4 Å². The second-order valence-corrected chi connectivity index (χ2v) is 8.46. The number of methoxy groups -OCH3 is 1. The number of ether oxygens (including phenoxy) is 1. The van der Waals surface area contributed by atoms with Gasteiger partial charge in [0.05, 0.1) is 24.0 Å². The highest BCUT2D eigenvalue weighted by atomic mass is 32.2. The highest BCUT2D eigenvalue weighted by Gasteiger charge is 2.22. The Kier molecular flexibility index (Phi) is 6.72. The molecule has 0 aliphatic rings. The molecule has 1 N–H and O–H groups in total. The van der Waals surface area contributed by atoms with Crippen molar-refractivity contribution in [2.45, 2.75) is 17.3 Å². The number of carbonyl (C=O) groups excluding carboxylic acids is 1. The number of benzene rings is 3. The van der Waals surface area contributed by atoms with Crippen molar-refractivity contribution in [3.8, 4) is 28.9 Å². The van der Waals surface area contributed by atoms with Gasteiger partial charge in [-0.3, -0.25) is 9.36 Å². The summed E-state index contributed by atoms with van der Waals surface area (Å²) < 4.78 is 7.29. The molecule has 0 bridgehead atoms. The van der Waals surface area contributed by atoms with Gasteiger partial charge in [0.15, 0.2) is 11.0 Å². The lowest BCUT2D eigenvalue weighted by Gasteiger charge is -2.14. The van der Waals surface area contributed by atoms with Crippen LogP contribution in [0.3, 0.4) is 0 Å². The third-order valence-corrected chi connectivity index (χ3v) is 5.93. The molecule has 0 saturated carbocycles. The second kappa shape index (κ2) is 10.0. The smallest absolute Gasteiger partial charge is 0.237 e. The van der Waals surface area contributed by atoms with Crippen LogP contribution < -0.4 is 10.1 Å². The summed E-state index contributed by atoms with van der Waals surface area (Å²) in [6.45, 7) is 1.81. The van der Waals surface area contributed by atoms with Crippen molar-refractivity contribution in [3.05, 3.63) is 84.4 Å². The molecule has 0 aliphatic heterocycles. The average molecular weight is 456 g/mol. The summed E-state index contributed by atoms with van der Waals surface area (Å²) in [4.78, 5) is 12.8. The Labute approximate surface area is 196 Å². The number of aromatic nitrogens is 3. The first kappa shape index (κ1) is 22.1. The van der Waals surface area contributed by atoms with E-state index in [1.54, 1.807) is 31.4 Å². The van der Waals surface area contributed by atoms with Crippen LogP contribution in [0.4, 0.5) is 5.69 Å². The van der Waals surface area contributed by atoms with Crippen molar-refractivity contribution in [3.63, 3.8) is 0 Å².